The van der Waals surface area contributed by atoms with Gasteiger partial charge in [-0.25, -0.2) is 13.1 Å². The van der Waals surface area contributed by atoms with Gasteiger partial charge in [-0.05, 0) is 44.1 Å². The Morgan fingerprint density at radius 3 is 2.09 bits per heavy atom. The molecule has 0 radical (unpaired) electrons. The summed E-state index contributed by atoms with van der Waals surface area (Å²) in [5.74, 6) is -0.643. The monoisotopic (exact) mass is 357 g/mol. The van der Waals surface area contributed by atoms with Crippen molar-refractivity contribution in [1.82, 2.24) is 4.72 Å². The maximum Gasteiger partial charge on any atom is 0.264 e. The summed E-state index contributed by atoms with van der Waals surface area (Å²) in [6, 6.07) is 6.33. The first-order valence-corrected chi connectivity index (χ1v) is 12.0. The van der Waals surface area contributed by atoms with Crippen LogP contribution in [0.2, 0.25) is 18.1 Å². The molecule has 0 saturated heterocycles. The van der Waals surface area contributed by atoms with E-state index in [0.29, 0.717) is 0 Å². The number of nitrogens with one attached hydrogen (secondary N) is 1. The normalized spacial score (nSPS) is 14.4. The van der Waals surface area contributed by atoms with Crippen LogP contribution in [0.3, 0.4) is 0 Å². The summed E-state index contributed by atoms with van der Waals surface area (Å²) in [4.78, 5) is 12.3. The summed E-state index contributed by atoms with van der Waals surface area (Å²) in [5.41, 5.74) is 0.949. The van der Waals surface area contributed by atoms with Crippen LogP contribution in [0.5, 0.6) is 0 Å². The topological polar surface area (TPSA) is 72.5 Å². The van der Waals surface area contributed by atoms with E-state index in [-0.39, 0.29) is 9.93 Å². The Morgan fingerprint density at radius 1 is 1.17 bits per heavy atom. The number of amides is 1. The number of carbonyl (C=O) groups is 1. The van der Waals surface area contributed by atoms with Crippen LogP contribution < -0.4 is 4.72 Å². The first kappa shape index (κ1) is 19.9. The zero-order valence-corrected chi connectivity index (χ0v) is 16.7. The molecule has 1 aromatic rings. The number of benzene rings is 1. The van der Waals surface area contributed by atoms with Gasteiger partial charge in [-0.1, -0.05) is 38.5 Å². The molecule has 1 rings (SSSR count). The van der Waals surface area contributed by atoms with Gasteiger partial charge >= 0.3 is 0 Å². The maximum absolute atomic E-state index is 12.2. The number of carbonyl (C=O) groups excluding carboxylic acids is 1. The van der Waals surface area contributed by atoms with Gasteiger partial charge in [0.2, 0.25) is 0 Å². The fourth-order valence-electron chi connectivity index (χ4n) is 1.66. The summed E-state index contributed by atoms with van der Waals surface area (Å²) < 4.78 is 32.5. The van der Waals surface area contributed by atoms with Crippen molar-refractivity contribution in [2.45, 2.75) is 63.8 Å². The molecule has 0 bridgehead atoms. The summed E-state index contributed by atoms with van der Waals surface area (Å²) >= 11 is 0. The van der Waals surface area contributed by atoms with Crippen LogP contribution in [0, 0.1) is 6.92 Å². The first-order valence-electron chi connectivity index (χ1n) is 7.57. The third kappa shape index (κ3) is 5.15. The minimum Gasteiger partial charge on any atom is -0.405 e. The second-order valence-corrected chi connectivity index (χ2v) is 13.7. The van der Waals surface area contributed by atoms with Crippen LogP contribution >= 0.6 is 0 Å². The van der Waals surface area contributed by atoms with Crippen LogP contribution in [0.25, 0.3) is 0 Å². The van der Waals surface area contributed by atoms with E-state index in [2.05, 4.69) is 25.5 Å². The van der Waals surface area contributed by atoms with Crippen molar-refractivity contribution in [3.8, 4) is 0 Å². The van der Waals surface area contributed by atoms with Crippen LogP contribution in [-0.2, 0) is 19.2 Å². The Hall–Kier alpha value is -1.18. The number of rotatable bonds is 5. The summed E-state index contributed by atoms with van der Waals surface area (Å²) in [6.07, 6.45) is -0.823. The minimum absolute atomic E-state index is 0.0582. The predicted molar refractivity (Wildman–Crippen MR) is 94.3 cm³/mol. The molecule has 1 aromatic carbocycles. The van der Waals surface area contributed by atoms with Crippen molar-refractivity contribution in [3.63, 3.8) is 0 Å². The quantitative estimate of drug-likeness (QED) is 0.821. The molecule has 130 valence electrons. The van der Waals surface area contributed by atoms with Gasteiger partial charge in [0.15, 0.2) is 8.32 Å². The maximum atomic E-state index is 12.2. The molecule has 0 aliphatic carbocycles. The minimum atomic E-state index is -3.88. The molecule has 1 amide bonds. The van der Waals surface area contributed by atoms with E-state index in [4.69, 9.17) is 4.43 Å². The Kier molecular flexibility index (Phi) is 5.82. The average molecular weight is 358 g/mol. The highest BCUT2D eigenvalue weighted by Gasteiger charge is 2.40. The summed E-state index contributed by atoms with van der Waals surface area (Å²) in [7, 11) is -6.02. The summed E-state index contributed by atoms with van der Waals surface area (Å²) in [6.45, 7) is 13.7. The van der Waals surface area contributed by atoms with Crippen LogP contribution in [0.1, 0.15) is 33.3 Å². The van der Waals surface area contributed by atoms with Crippen molar-refractivity contribution < 1.29 is 17.6 Å². The molecular weight excluding hydrogens is 330 g/mol. The van der Waals surface area contributed by atoms with Gasteiger partial charge in [-0.2, -0.15) is 0 Å². The number of hydrogen-bond acceptors (Lipinski definition) is 4. The Morgan fingerprint density at radius 2 is 1.65 bits per heavy atom. The highest BCUT2D eigenvalue weighted by Crippen LogP contribution is 2.37. The van der Waals surface area contributed by atoms with Crippen LogP contribution in [0.15, 0.2) is 29.2 Å². The third-order valence-electron chi connectivity index (χ3n) is 4.21. The molecule has 23 heavy (non-hydrogen) atoms. The van der Waals surface area contributed by atoms with E-state index < -0.39 is 30.4 Å². The molecule has 0 heterocycles. The third-order valence-corrected chi connectivity index (χ3v) is 10.1. The standard InChI is InChI=1S/C16H27NO4SSi/c1-12-8-10-14(11-9-12)22(19,20)17-15(18)13(2)21-23(6,7)16(3,4)5/h8-11,13H,1-7H3,(H,17,18). The van der Waals surface area contributed by atoms with Gasteiger partial charge in [0, 0.05) is 0 Å². The molecule has 0 aliphatic heterocycles. The van der Waals surface area contributed by atoms with Crippen LogP contribution in [0.4, 0.5) is 0 Å². The summed E-state index contributed by atoms with van der Waals surface area (Å²) in [5, 5.41) is -0.0582. The zero-order valence-electron chi connectivity index (χ0n) is 14.9. The lowest BCUT2D eigenvalue weighted by atomic mass is 10.2. The smallest absolute Gasteiger partial charge is 0.264 e. The van der Waals surface area contributed by atoms with E-state index in [0.717, 1.165) is 5.56 Å². The van der Waals surface area contributed by atoms with E-state index in [1.165, 1.54) is 12.1 Å². The molecular formula is C16H27NO4SSi. The molecule has 1 unspecified atom stereocenters. The number of aryl methyl sites for hydroxylation is 1. The molecule has 0 aliphatic rings. The molecule has 0 spiro atoms. The highest BCUT2D eigenvalue weighted by molar-refractivity contribution is 7.90. The zero-order chi connectivity index (χ0) is 18.1. The van der Waals surface area contributed by atoms with Crippen molar-refractivity contribution >= 4 is 24.2 Å². The van der Waals surface area contributed by atoms with Crippen molar-refractivity contribution in [2.24, 2.45) is 0 Å². The van der Waals surface area contributed by atoms with E-state index >= 15 is 0 Å². The molecule has 5 nitrogen and oxygen atoms in total. The SMILES string of the molecule is Cc1ccc(S(=O)(=O)NC(=O)C(C)O[Si](C)(C)C(C)(C)C)cc1. The second kappa shape index (κ2) is 6.74. The van der Waals surface area contributed by atoms with Gasteiger partial charge in [0.1, 0.15) is 6.10 Å². The Bertz CT molecular complexity index is 660. The average Bonchev–Trinajstić information content (AvgIpc) is 2.36. The van der Waals surface area contributed by atoms with Gasteiger partial charge in [-0.15, -0.1) is 0 Å². The number of hydrogen-bond donors (Lipinski definition) is 1. The van der Waals surface area contributed by atoms with Crippen LogP contribution in [-0.4, -0.2) is 28.7 Å². The Labute approximate surface area is 140 Å². The first-order chi connectivity index (χ1) is 10.3. The lowest BCUT2D eigenvalue weighted by Gasteiger charge is -2.37. The van der Waals surface area contributed by atoms with Crippen molar-refractivity contribution in [3.05, 3.63) is 29.8 Å². The fraction of sp³-hybridized carbons (Fsp3) is 0.562. The van der Waals surface area contributed by atoms with Crippen molar-refractivity contribution in [2.75, 3.05) is 0 Å². The molecule has 7 heteroatoms. The fourth-order valence-corrected chi connectivity index (χ4v) is 4.05. The van der Waals surface area contributed by atoms with Gasteiger partial charge in [0.05, 0.1) is 4.90 Å². The second-order valence-electron chi connectivity index (χ2n) is 7.30. The van der Waals surface area contributed by atoms with Gasteiger partial charge in [0.25, 0.3) is 15.9 Å². The highest BCUT2D eigenvalue weighted by atomic mass is 32.2. The lowest BCUT2D eigenvalue weighted by molar-refractivity contribution is -0.125. The predicted octanol–water partition coefficient (Wildman–Crippen LogP) is 3.21. The molecule has 0 aromatic heterocycles. The van der Waals surface area contributed by atoms with Gasteiger partial charge < -0.3 is 4.43 Å². The largest absolute Gasteiger partial charge is 0.405 e. The molecule has 0 saturated carbocycles. The van der Waals surface area contributed by atoms with Gasteiger partial charge in [-0.3, -0.25) is 4.79 Å². The number of sulfonamides is 1. The lowest BCUT2D eigenvalue weighted by Crippen LogP contribution is -2.48. The van der Waals surface area contributed by atoms with Crippen molar-refractivity contribution in [1.29, 1.82) is 0 Å². The Balaban J connectivity index is 2.84. The van der Waals surface area contributed by atoms with E-state index in [9.17, 15) is 13.2 Å². The molecule has 1 atom stereocenters. The van der Waals surface area contributed by atoms with E-state index in [1.54, 1.807) is 19.1 Å². The molecule has 1 N–H and O–H groups in total. The van der Waals surface area contributed by atoms with E-state index in [1.807, 2.05) is 20.0 Å². The molecule has 0 fully saturated rings.